The highest BCUT2D eigenvalue weighted by molar-refractivity contribution is 5.99. The van der Waals surface area contributed by atoms with Crippen LogP contribution in [0, 0.1) is 0 Å². The number of hydrogen-bond acceptors (Lipinski definition) is 4. The van der Waals surface area contributed by atoms with Gasteiger partial charge in [-0.25, -0.2) is 0 Å². The molecule has 6 heteroatoms. The van der Waals surface area contributed by atoms with E-state index in [-0.39, 0.29) is 11.9 Å². The van der Waals surface area contributed by atoms with Crippen molar-refractivity contribution in [2.24, 2.45) is 5.73 Å². The molecule has 2 amide bonds. The van der Waals surface area contributed by atoms with E-state index in [1.54, 1.807) is 12.1 Å². The van der Waals surface area contributed by atoms with Gasteiger partial charge in [-0.15, -0.1) is 0 Å². The topological polar surface area (TPSA) is 110 Å². The van der Waals surface area contributed by atoms with Gasteiger partial charge in [-0.1, -0.05) is 0 Å². The summed E-state index contributed by atoms with van der Waals surface area (Å²) < 4.78 is 0. The molecule has 1 saturated heterocycles. The number of primary amides is 1. The van der Waals surface area contributed by atoms with Gasteiger partial charge in [0.2, 0.25) is 5.91 Å². The summed E-state index contributed by atoms with van der Waals surface area (Å²) in [5, 5.41) is 5.96. The molecule has 0 spiro atoms. The minimum Gasteiger partial charge on any atom is -0.399 e. The van der Waals surface area contributed by atoms with Crippen LogP contribution in [0.25, 0.3) is 0 Å². The van der Waals surface area contributed by atoms with Crippen molar-refractivity contribution < 1.29 is 9.59 Å². The summed E-state index contributed by atoms with van der Waals surface area (Å²) in [5.41, 5.74) is 12.4. The predicted molar refractivity (Wildman–Crippen MR) is 69.0 cm³/mol. The van der Waals surface area contributed by atoms with Crippen LogP contribution in [-0.2, 0) is 4.79 Å². The van der Waals surface area contributed by atoms with Crippen molar-refractivity contribution in [1.29, 1.82) is 0 Å². The minimum atomic E-state index is -0.528. The van der Waals surface area contributed by atoms with Crippen LogP contribution in [0.15, 0.2) is 18.2 Å². The molecule has 0 radical (unpaired) electrons. The molecular formula is C12H16N4O2. The molecule has 6 N–H and O–H groups in total. The fourth-order valence-corrected chi connectivity index (χ4v) is 1.98. The van der Waals surface area contributed by atoms with Crippen LogP contribution < -0.4 is 22.1 Å². The third kappa shape index (κ3) is 2.71. The highest BCUT2D eigenvalue weighted by atomic mass is 16.2. The molecule has 1 aliphatic heterocycles. The van der Waals surface area contributed by atoms with Gasteiger partial charge in [0.15, 0.2) is 0 Å². The van der Waals surface area contributed by atoms with Crippen LogP contribution in [0.2, 0.25) is 0 Å². The largest absolute Gasteiger partial charge is 0.399 e. The Kier molecular flexibility index (Phi) is 3.36. The van der Waals surface area contributed by atoms with E-state index < -0.39 is 5.91 Å². The molecule has 0 saturated carbocycles. The molecule has 6 nitrogen and oxygen atoms in total. The quantitative estimate of drug-likeness (QED) is 0.564. The summed E-state index contributed by atoms with van der Waals surface area (Å²) in [7, 11) is 0. The summed E-state index contributed by atoms with van der Waals surface area (Å²) in [4.78, 5) is 22.3. The first-order valence-electron chi connectivity index (χ1n) is 5.79. The fraction of sp³-hybridized carbons (Fsp3) is 0.333. The minimum absolute atomic E-state index is 0.0641. The Balaban J connectivity index is 2.04. The predicted octanol–water partition coefficient (Wildman–Crippen LogP) is 0.0582. The van der Waals surface area contributed by atoms with Gasteiger partial charge in [-0.3, -0.25) is 9.59 Å². The second-order valence-electron chi connectivity index (χ2n) is 4.35. The molecule has 96 valence electrons. The van der Waals surface area contributed by atoms with Crippen molar-refractivity contribution in [1.82, 2.24) is 5.32 Å². The molecule has 1 aromatic rings. The molecule has 1 unspecified atom stereocenters. The molecule has 0 aliphatic carbocycles. The maximum absolute atomic E-state index is 11.3. The van der Waals surface area contributed by atoms with E-state index in [0.29, 0.717) is 29.9 Å². The lowest BCUT2D eigenvalue weighted by Gasteiger charge is -2.14. The molecule has 1 heterocycles. The summed E-state index contributed by atoms with van der Waals surface area (Å²) in [5.74, 6) is -0.463. The lowest BCUT2D eigenvalue weighted by atomic mass is 10.1. The molecular weight excluding hydrogens is 232 g/mol. The van der Waals surface area contributed by atoms with Crippen molar-refractivity contribution in [3.8, 4) is 0 Å². The molecule has 1 atom stereocenters. The first kappa shape index (κ1) is 12.2. The third-order valence-electron chi connectivity index (χ3n) is 2.93. The van der Waals surface area contributed by atoms with E-state index in [0.717, 1.165) is 6.42 Å². The van der Waals surface area contributed by atoms with E-state index in [1.807, 2.05) is 0 Å². The molecule has 0 aromatic heterocycles. The van der Waals surface area contributed by atoms with E-state index in [1.165, 1.54) is 6.07 Å². The SMILES string of the molecule is NC(=O)c1cc(N)ccc1NCC1CCC(=O)N1. The number of nitrogens with two attached hydrogens (primary N) is 2. The highest BCUT2D eigenvalue weighted by Crippen LogP contribution is 2.19. The van der Waals surface area contributed by atoms with E-state index in [4.69, 9.17) is 11.5 Å². The zero-order valence-corrected chi connectivity index (χ0v) is 9.90. The first-order chi connectivity index (χ1) is 8.56. The Labute approximate surface area is 105 Å². The molecule has 1 fully saturated rings. The number of hydrogen-bond donors (Lipinski definition) is 4. The Hall–Kier alpha value is -2.24. The van der Waals surface area contributed by atoms with E-state index in [2.05, 4.69) is 10.6 Å². The van der Waals surface area contributed by atoms with Crippen LogP contribution in [-0.4, -0.2) is 24.4 Å². The average molecular weight is 248 g/mol. The number of nitrogen functional groups attached to an aromatic ring is 1. The van der Waals surface area contributed by atoms with Crippen molar-refractivity contribution in [2.75, 3.05) is 17.6 Å². The van der Waals surface area contributed by atoms with Gasteiger partial charge in [0.25, 0.3) is 5.91 Å². The summed E-state index contributed by atoms with van der Waals surface area (Å²) in [6.07, 6.45) is 1.35. The van der Waals surface area contributed by atoms with Gasteiger partial charge in [-0.05, 0) is 24.6 Å². The molecule has 1 aromatic carbocycles. The number of nitrogens with one attached hydrogen (secondary N) is 2. The normalized spacial score (nSPS) is 18.4. The summed E-state index contributed by atoms with van der Waals surface area (Å²) in [6.45, 7) is 0.565. The van der Waals surface area contributed by atoms with Gasteiger partial charge in [0.05, 0.1) is 5.56 Å². The first-order valence-corrected chi connectivity index (χ1v) is 5.79. The van der Waals surface area contributed by atoms with Gasteiger partial charge >= 0.3 is 0 Å². The number of carbonyl (C=O) groups excluding carboxylic acids is 2. The molecule has 2 rings (SSSR count). The lowest BCUT2D eigenvalue weighted by Crippen LogP contribution is -2.32. The summed E-state index contributed by atoms with van der Waals surface area (Å²) >= 11 is 0. The number of benzene rings is 1. The van der Waals surface area contributed by atoms with E-state index >= 15 is 0 Å². The number of carbonyl (C=O) groups is 2. The van der Waals surface area contributed by atoms with Crippen LogP contribution in [0.5, 0.6) is 0 Å². The van der Waals surface area contributed by atoms with Gasteiger partial charge < -0.3 is 22.1 Å². The Morgan fingerprint density at radius 1 is 1.50 bits per heavy atom. The van der Waals surface area contributed by atoms with E-state index in [9.17, 15) is 9.59 Å². The van der Waals surface area contributed by atoms with Gasteiger partial charge in [0.1, 0.15) is 0 Å². The zero-order valence-electron chi connectivity index (χ0n) is 9.90. The molecule has 0 bridgehead atoms. The number of rotatable bonds is 4. The number of amides is 2. The Morgan fingerprint density at radius 2 is 2.28 bits per heavy atom. The second-order valence-corrected chi connectivity index (χ2v) is 4.35. The molecule has 18 heavy (non-hydrogen) atoms. The smallest absolute Gasteiger partial charge is 0.250 e. The van der Waals surface area contributed by atoms with Crippen LogP contribution in [0.1, 0.15) is 23.2 Å². The third-order valence-corrected chi connectivity index (χ3v) is 2.93. The van der Waals surface area contributed by atoms with Crippen LogP contribution in [0.3, 0.4) is 0 Å². The summed E-state index contributed by atoms with van der Waals surface area (Å²) in [6, 6.07) is 5.04. The zero-order chi connectivity index (χ0) is 13.1. The van der Waals surface area contributed by atoms with Crippen molar-refractivity contribution in [3.05, 3.63) is 23.8 Å². The highest BCUT2D eigenvalue weighted by Gasteiger charge is 2.20. The van der Waals surface area contributed by atoms with Gasteiger partial charge in [-0.2, -0.15) is 0 Å². The maximum atomic E-state index is 11.3. The average Bonchev–Trinajstić information content (AvgIpc) is 2.73. The Morgan fingerprint density at radius 3 is 2.89 bits per heavy atom. The number of anilines is 2. The van der Waals surface area contributed by atoms with Crippen LogP contribution in [0.4, 0.5) is 11.4 Å². The lowest BCUT2D eigenvalue weighted by molar-refractivity contribution is -0.119. The molecule has 1 aliphatic rings. The van der Waals surface area contributed by atoms with Gasteiger partial charge in [0, 0.05) is 30.4 Å². The standard InChI is InChI=1S/C12H16N4O2/c13-7-1-3-10(9(5-7)12(14)18)15-6-8-2-4-11(17)16-8/h1,3,5,8,15H,2,4,6,13H2,(H2,14,18)(H,16,17). The monoisotopic (exact) mass is 248 g/mol. The van der Waals surface area contributed by atoms with Crippen molar-refractivity contribution in [2.45, 2.75) is 18.9 Å². The second kappa shape index (κ2) is 4.95. The maximum Gasteiger partial charge on any atom is 0.250 e. The Bertz CT molecular complexity index is 487. The van der Waals surface area contributed by atoms with Crippen LogP contribution >= 0.6 is 0 Å². The van der Waals surface area contributed by atoms with Crippen molar-refractivity contribution >= 4 is 23.2 Å². The van der Waals surface area contributed by atoms with Crippen molar-refractivity contribution in [3.63, 3.8) is 0 Å². The fourth-order valence-electron chi connectivity index (χ4n) is 1.98.